The Labute approximate surface area is 157 Å². The molecule has 0 atom stereocenters. The Morgan fingerprint density at radius 3 is 2.30 bits per heavy atom. The Balaban J connectivity index is 1.85. The van der Waals surface area contributed by atoms with Gasteiger partial charge in [-0.2, -0.15) is 5.10 Å². The number of para-hydroxylation sites is 1. The summed E-state index contributed by atoms with van der Waals surface area (Å²) in [5.74, 6) is -0.602. The van der Waals surface area contributed by atoms with Gasteiger partial charge in [0.05, 0.1) is 17.3 Å². The fraction of sp³-hybridized carbons (Fsp3) is 0.190. The second-order valence-corrected chi connectivity index (χ2v) is 6.34. The maximum atomic E-state index is 12.2. The molecule has 6 nitrogen and oxygen atoms in total. The molecule has 0 saturated carbocycles. The van der Waals surface area contributed by atoms with Crippen molar-refractivity contribution in [3.8, 4) is 16.9 Å². The average Bonchev–Trinajstić information content (AvgIpc) is 3.11. The van der Waals surface area contributed by atoms with E-state index < -0.39 is 11.9 Å². The topological polar surface area (TPSA) is 73.2 Å². The van der Waals surface area contributed by atoms with Crippen LogP contribution in [0.1, 0.15) is 13.8 Å². The van der Waals surface area contributed by atoms with Gasteiger partial charge in [-0.05, 0) is 12.1 Å². The zero-order valence-electron chi connectivity index (χ0n) is 15.3. The third-order valence-electron chi connectivity index (χ3n) is 3.86. The minimum Gasteiger partial charge on any atom is -0.455 e. The second-order valence-electron chi connectivity index (χ2n) is 6.34. The van der Waals surface area contributed by atoms with Crippen molar-refractivity contribution in [2.24, 2.45) is 5.92 Å². The van der Waals surface area contributed by atoms with Gasteiger partial charge in [0.2, 0.25) is 0 Å². The molecular weight excluding hydrogens is 342 g/mol. The summed E-state index contributed by atoms with van der Waals surface area (Å²) in [6.45, 7) is 3.10. The molecule has 0 spiro atoms. The second kappa shape index (κ2) is 8.31. The highest BCUT2D eigenvalue weighted by Gasteiger charge is 2.15. The number of anilines is 1. The SMILES string of the molecule is CC(C)C(=O)OCC(=O)Nc1cc(-c2ccccc2)nn1-c1ccccc1. The summed E-state index contributed by atoms with van der Waals surface area (Å²) in [7, 11) is 0. The number of aromatic nitrogens is 2. The van der Waals surface area contributed by atoms with Gasteiger partial charge in [0.15, 0.2) is 6.61 Å². The van der Waals surface area contributed by atoms with Crippen LogP contribution in [0.3, 0.4) is 0 Å². The van der Waals surface area contributed by atoms with Gasteiger partial charge in [-0.3, -0.25) is 9.59 Å². The van der Waals surface area contributed by atoms with Crippen molar-refractivity contribution < 1.29 is 14.3 Å². The summed E-state index contributed by atoms with van der Waals surface area (Å²) in [5, 5.41) is 7.40. The number of carbonyl (C=O) groups is 2. The largest absolute Gasteiger partial charge is 0.455 e. The van der Waals surface area contributed by atoms with Gasteiger partial charge in [0.25, 0.3) is 5.91 Å². The minimum atomic E-state index is -0.416. The maximum absolute atomic E-state index is 12.2. The molecule has 0 aliphatic rings. The average molecular weight is 363 g/mol. The molecule has 0 aliphatic heterocycles. The van der Waals surface area contributed by atoms with E-state index in [0.29, 0.717) is 5.82 Å². The van der Waals surface area contributed by atoms with Gasteiger partial charge in [-0.15, -0.1) is 0 Å². The van der Waals surface area contributed by atoms with Crippen molar-refractivity contribution in [1.29, 1.82) is 0 Å². The number of hydrogen-bond donors (Lipinski definition) is 1. The Morgan fingerprint density at radius 1 is 1.04 bits per heavy atom. The van der Waals surface area contributed by atoms with Crippen LogP contribution in [0.15, 0.2) is 66.7 Å². The van der Waals surface area contributed by atoms with E-state index in [9.17, 15) is 9.59 Å². The van der Waals surface area contributed by atoms with E-state index in [1.807, 2.05) is 60.7 Å². The van der Waals surface area contributed by atoms with Crippen molar-refractivity contribution in [1.82, 2.24) is 9.78 Å². The lowest BCUT2D eigenvalue weighted by Crippen LogP contribution is -2.23. The van der Waals surface area contributed by atoms with Crippen LogP contribution in [0.2, 0.25) is 0 Å². The van der Waals surface area contributed by atoms with Gasteiger partial charge in [0, 0.05) is 11.6 Å². The lowest BCUT2D eigenvalue weighted by molar-refractivity contribution is -0.150. The van der Waals surface area contributed by atoms with Crippen LogP contribution in [-0.2, 0) is 14.3 Å². The van der Waals surface area contributed by atoms with E-state index in [1.165, 1.54) is 0 Å². The van der Waals surface area contributed by atoms with E-state index in [1.54, 1.807) is 24.6 Å². The minimum absolute atomic E-state index is 0.280. The number of carbonyl (C=O) groups excluding carboxylic acids is 2. The third-order valence-corrected chi connectivity index (χ3v) is 3.86. The summed E-state index contributed by atoms with van der Waals surface area (Å²) in [6, 6.07) is 21.0. The molecule has 1 N–H and O–H groups in total. The molecule has 27 heavy (non-hydrogen) atoms. The van der Waals surface area contributed by atoms with Gasteiger partial charge in [-0.1, -0.05) is 62.4 Å². The van der Waals surface area contributed by atoms with Crippen molar-refractivity contribution in [2.45, 2.75) is 13.8 Å². The molecular formula is C21H21N3O3. The van der Waals surface area contributed by atoms with Crippen molar-refractivity contribution in [3.63, 3.8) is 0 Å². The molecule has 1 heterocycles. The first-order valence-electron chi connectivity index (χ1n) is 8.72. The van der Waals surface area contributed by atoms with Gasteiger partial charge >= 0.3 is 5.97 Å². The molecule has 0 saturated heterocycles. The molecule has 0 unspecified atom stereocenters. The van der Waals surface area contributed by atoms with Gasteiger partial charge in [-0.25, -0.2) is 4.68 Å². The Bertz CT molecular complexity index is 918. The molecule has 0 bridgehead atoms. The number of nitrogens with zero attached hydrogens (tertiary/aromatic N) is 2. The fourth-order valence-corrected chi connectivity index (χ4v) is 2.47. The number of amides is 1. The van der Waals surface area contributed by atoms with Crippen LogP contribution in [0.25, 0.3) is 16.9 Å². The first kappa shape index (κ1) is 18.4. The monoisotopic (exact) mass is 363 g/mol. The lowest BCUT2D eigenvalue weighted by atomic mass is 10.2. The highest BCUT2D eigenvalue weighted by atomic mass is 16.5. The van der Waals surface area contributed by atoms with E-state index in [4.69, 9.17) is 4.74 Å². The van der Waals surface area contributed by atoms with Crippen LogP contribution in [-0.4, -0.2) is 28.3 Å². The molecule has 1 aromatic heterocycles. The van der Waals surface area contributed by atoms with Crippen LogP contribution in [0, 0.1) is 5.92 Å². The highest BCUT2D eigenvalue weighted by Crippen LogP contribution is 2.24. The number of rotatable bonds is 6. The summed E-state index contributed by atoms with van der Waals surface area (Å²) in [5.41, 5.74) is 2.48. The number of benzene rings is 2. The predicted molar refractivity (Wildman–Crippen MR) is 103 cm³/mol. The smallest absolute Gasteiger partial charge is 0.308 e. The van der Waals surface area contributed by atoms with Crippen LogP contribution in [0.4, 0.5) is 5.82 Å². The molecule has 0 fully saturated rings. The molecule has 6 heteroatoms. The van der Waals surface area contributed by atoms with Crippen molar-refractivity contribution in [3.05, 3.63) is 66.7 Å². The van der Waals surface area contributed by atoms with E-state index in [2.05, 4.69) is 10.4 Å². The summed E-state index contributed by atoms with van der Waals surface area (Å²) in [4.78, 5) is 23.8. The molecule has 1 amide bonds. The van der Waals surface area contributed by atoms with Gasteiger partial charge < -0.3 is 10.1 Å². The van der Waals surface area contributed by atoms with Gasteiger partial charge in [0.1, 0.15) is 5.82 Å². The lowest BCUT2D eigenvalue weighted by Gasteiger charge is -2.10. The number of hydrogen-bond acceptors (Lipinski definition) is 4. The molecule has 3 aromatic rings. The molecule has 0 aliphatic carbocycles. The van der Waals surface area contributed by atoms with E-state index in [0.717, 1.165) is 16.9 Å². The normalized spacial score (nSPS) is 10.6. The molecule has 138 valence electrons. The number of nitrogens with one attached hydrogen (secondary N) is 1. The molecule has 3 rings (SSSR count). The van der Waals surface area contributed by atoms with E-state index >= 15 is 0 Å². The fourth-order valence-electron chi connectivity index (χ4n) is 2.47. The van der Waals surface area contributed by atoms with Crippen molar-refractivity contribution in [2.75, 3.05) is 11.9 Å². The quantitative estimate of drug-likeness (QED) is 0.678. The van der Waals surface area contributed by atoms with Crippen LogP contribution in [0.5, 0.6) is 0 Å². The van der Waals surface area contributed by atoms with Crippen molar-refractivity contribution >= 4 is 17.7 Å². The first-order chi connectivity index (χ1) is 13.0. The molecule has 0 radical (unpaired) electrons. The van der Waals surface area contributed by atoms with Crippen LogP contribution < -0.4 is 5.32 Å². The predicted octanol–water partition coefficient (Wildman–Crippen LogP) is 3.68. The Hall–Kier alpha value is -3.41. The Kier molecular flexibility index (Phi) is 5.66. The summed E-state index contributed by atoms with van der Waals surface area (Å²) >= 11 is 0. The number of ether oxygens (including phenoxy) is 1. The van der Waals surface area contributed by atoms with E-state index in [-0.39, 0.29) is 12.5 Å². The molecule has 2 aromatic carbocycles. The zero-order chi connectivity index (χ0) is 19.2. The summed E-state index contributed by atoms with van der Waals surface area (Å²) in [6.07, 6.45) is 0. The highest BCUT2D eigenvalue weighted by molar-refractivity contribution is 5.93. The Morgan fingerprint density at radius 2 is 1.67 bits per heavy atom. The summed E-state index contributed by atoms with van der Waals surface area (Å²) < 4.78 is 6.65. The number of esters is 1. The maximum Gasteiger partial charge on any atom is 0.308 e. The first-order valence-corrected chi connectivity index (χ1v) is 8.72. The third kappa shape index (κ3) is 4.61. The zero-order valence-corrected chi connectivity index (χ0v) is 15.3. The standard InChI is InChI=1S/C21H21N3O3/c1-15(2)21(26)27-14-20(25)22-19-13-18(16-9-5-3-6-10-16)23-24(19)17-11-7-4-8-12-17/h3-13,15H,14H2,1-2H3,(H,22,25). The van der Waals surface area contributed by atoms with Crippen LogP contribution >= 0.6 is 0 Å².